The van der Waals surface area contributed by atoms with Crippen LogP contribution >= 0.6 is 22.6 Å². The lowest BCUT2D eigenvalue weighted by molar-refractivity contribution is 1.20. The second kappa shape index (κ2) is 3.90. The van der Waals surface area contributed by atoms with Gasteiger partial charge in [-0.05, 0) is 4.08 Å². The third-order valence-corrected chi connectivity index (χ3v) is 7.77. The first kappa shape index (κ1) is 12.7. The van der Waals surface area contributed by atoms with E-state index < -0.39 is 16.1 Å². The van der Waals surface area contributed by atoms with Crippen LogP contribution in [0.2, 0.25) is 39.3 Å². The average molecular weight is 336 g/mol. The van der Waals surface area contributed by atoms with Crippen LogP contribution in [0.25, 0.3) is 0 Å². The molecule has 0 N–H and O–H groups in total. The van der Waals surface area contributed by atoms with Gasteiger partial charge in [0.2, 0.25) is 0 Å². The number of rotatable bonds is 3. The summed E-state index contributed by atoms with van der Waals surface area (Å²) in [5.74, 6) is 0.769. The molecule has 0 aromatic heterocycles. The lowest BCUT2D eigenvalue weighted by Crippen LogP contribution is -2.21. The van der Waals surface area contributed by atoms with Gasteiger partial charge in [-0.2, -0.15) is 0 Å². The van der Waals surface area contributed by atoms with Crippen molar-refractivity contribution in [1.29, 1.82) is 0 Å². The third-order valence-electron chi connectivity index (χ3n) is 2.71. The summed E-state index contributed by atoms with van der Waals surface area (Å²) in [6, 6.07) is 0. The molecule has 0 atom stereocenters. The van der Waals surface area contributed by atoms with Gasteiger partial charge in [0.05, 0.1) is 16.1 Å². The summed E-state index contributed by atoms with van der Waals surface area (Å²) in [5.41, 5.74) is 0. The number of hydrogen-bond donors (Lipinski definition) is 0. The highest BCUT2D eigenvalue weighted by atomic mass is 127. The predicted molar refractivity (Wildman–Crippen MR) is 80.4 cm³/mol. The van der Waals surface area contributed by atoms with E-state index in [1.807, 2.05) is 10.4 Å². The highest BCUT2D eigenvalue weighted by Gasteiger charge is 2.47. The highest BCUT2D eigenvalue weighted by Crippen LogP contribution is 2.50. The van der Waals surface area contributed by atoms with E-state index in [2.05, 4.69) is 72.0 Å². The second-order valence-electron chi connectivity index (χ2n) is 6.12. The Bertz CT molecular complexity index is 265. The summed E-state index contributed by atoms with van der Waals surface area (Å²) < 4.78 is 2.19. The Balaban J connectivity index is 2.96. The van der Waals surface area contributed by atoms with E-state index in [1.54, 1.807) is 0 Å². The first-order valence-electron chi connectivity index (χ1n) is 5.21. The van der Waals surface area contributed by atoms with Crippen molar-refractivity contribution >= 4 is 38.7 Å². The Kier molecular flexibility index (Phi) is 3.54. The molecule has 0 saturated heterocycles. The maximum Gasteiger partial charge on any atom is 0.0731 e. The van der Waals surface area contributed by atoms with E-state index in [1.165, 1.54) is 0 Å². The van der Waals surface area contributed by atoms with E-state index in [0.29, 0.717) is 0 Å². The van der Waals surface area contributed by atoms with Gasteiger partial charge in [-0.15, -0.1) is 0 Å². The molecule has 14 heavy (non-hydrogen) atoms. The molecule has 0 nitrogen and oxygen atoms in total. The Morgan fingerprint density at radius 3 is 1.50 bits per heavy atom. The summed E-state index contributed by atoms with van der Waals surface area (Å²) in [6.07, 6.45) is 2.39. The van der Waals surface area contributed by atoms with Gasteiger partial charge in [-0.1, -0.05) is 78.3 Å². The number of halogens is 1. The maximum absolute atomic E-state index is 2.48. The van der Waals surface area contributed by atoms with Crippen LogP contribution in [0.5, 0.6) is 0 Å². The quantitative estimate of drug-likeness (QED) is 0.521. The van der Waals surface area contributed by atoms with Crippen LogP contribution in [-0.4, -0.2) is 16.1 Å². The molecule has 0 saturated carbocycles. The summed E-state index contributed by atoms with van der Waals surface area (Å²) in [6.45, 7) is 14.9. The molecule has 3 heteroatoms. The van der Waals surface area contributed by atoms with Crippen molar-refractivity contribution in [3.05, 3.63) is 20.6 Å². The van der Waals surface area contributed by atoms with E-state index in [9.17, 15) is 0 Å². The first-order chi connectivity index (χ1) is 6.19. The van der Waals surface area contributed by atoms with Crippen LogP contribution < -0.4 is 0 Å². The van der Waals surface area contributed by atoms with Crippen molar-refractivity contribution in [2.45, 2.75) is 39.3 Å². The van der Waals surface area contributed by atoms with Crippen LogP contribution in [0.15, 0.2) is 20.6 Å². The highest BCUT2D eigenvalue weighted by molar-refractivity contribution is 14.1. The molecule has 0 spiro atoms. The van der Waals surface area contributed by atoms with Crippen molar-refractivity contribution in [2.75, 3.05) is 0 Å². The standard InChI is InChI=1S/C11H21ISi2/c1-13(2,3)10-9(7-8-12)11(10)14(4,5)6/h7-9H,1-6H3/b8-7-. The monoisotopic (exact) mass is 336 g/mol. The normalized spacial score (nSPS) is 19.6. The molecule has 0 bridgehead atoms. The fourth-order valence-corrected chi connectivity index (χ4v) is 9.19. The molecule has 0 fully saturated rings. The largest absolute Gasteiger partial charge is 0.0744 e. The van der Waals surface area contributed by atoms with Crippen molar-refractivity contribution in [1.82, 2.24) is 0 Å². The minimum atomic E-state index is -1.04. The second-order valence-corrected chi connectivity index (χ2v) is 16.9. The molecule has 0 heterocycles. The molecule has 1 rings (SSSR count). The van der Waals surface area contributed by atoms with Crippen LogP contribution in [0.1, 0.15) is 0 Å². The van der Waals surface area contributed by atoms with Crippen LogP contribution in [0.4, 0.5) is 0 Å². The fourth-order valence-electron chi connectivity index (χ4n) is 2.25. The first-order valence-corrected chi connectivity index (χ1v) is 13.5. The molecule has 80 valence electrons. The van der Waals surface area contributed by atoms with Gasteiger partial charge in [0.25, 0.3) is 0 Å². The molecule has 0 amide bonds. The van der Waals surface area contributed by atoms with Gasteiger partial charge in [0.15, 0.2) is 0 Å². The zero-order valence-corrected chi connectivity index (χ0v) is 14.3. The zero-order valence-electron chi connectivity index (χ0n) is 10.1. The minimum absolute atomic E-state index is 0.769. The Labute approximate surface area is 104 Å². The van der Waals surface area contributed by atoms with E-state index >= 15 is 0 Å². The van der Waals surface area contributed by atoms with E-state index in [0.717, 1.165) is 5.92 Å². The predicted octanol–water partition coefficient (Wildman–Crippen LogP) is 4.62. The summed E-state index contributed by atoms with van der Waals surface area (Å²) in [4.78, 5) is 0. The lowest BCUT2D eigenvalue weighted by Gasteiger charge is -2.13. The summed E-state index contributed by atoms with van der Waals surface area (Å²) in [7, 11) is -2.07. The van der Waals surface area contributed by atoms with Gasteiger partial charge in [-0.3, -0.25) is 0 Å². The summed E-state index contributed by atoms with van der Waals surface area (Å²) >= 11 is 2.34. The van der Waals surface area contributed by atoms with E-state index in [-0.39, 0.29) is 0 Å². The van der Waals surface area contributed by atoms with Crippen molar-refractivity contribution < 1.29 is 0 Å². The van der Waals surface area contributed by atoms with Gasteiger partial charge < -0.3 is 0 Å². The molecule has 0 aromatic rings. The van der Waals surface area contributed by atoms with Gasteiger partial charge in [0.1, 0.15) is 0 Å². The number of hydrogen-bond acceptors (Lipinski definition) is 0. The molecule has 1 aliphatic carbocycles. The molecule has 0 unspecified atom stereocenters. The molecule has 0 aliphatic heterocycles. The van der Waals surface area contributed by atoms with Crippen molar-refractivity contribution in [2.24, 2.45) is 5.92 Å². The molecule has 0 radical (unpaired) electrons. The average Bonchev–Trinajstić information content (AvgIpc) is 2.59. The Morgan fingerprint density at radius 2 is 1.29 bits per heavy atom. The smallest absolute Gasteiger partial charge is 0.0731 e. The van der Waals surface area contributed by atoms with E-state index in [4.69, 9.17) is 0 Å². The SMILES string of the molecule is C[Si](C)(C)C1=C([Si](C)(C)C)C1/C=C\I. The Hall–Kier alpha value is 0.644. The summed E-state index contributed by atoms with van der Waals surface area (Å²) in [5, 5.41) is 3.70. The molecule has 1 aliphatic rings. The fraction of sp³-hybridized carbons (Fsp3) is 0.636. The van der Waals surface area contributed by atoms with Gasteiger partial charge >= 0.3 is 0 Å². The number of allylic oxidation sites excluding steroid dienone is 3. The molecule has 0 aromatic carbocycles. The minimum Gasteiger partial charge on any atom is -0.0744 e. The van der Waals surface area contributed by atoms with Crippen LogP contribution in [0.3, 0.4) is 0 Å². The van der Waals surface area contributed by atoms with Crippen LogP contribution in [-0.2, 0) is 0 Å². The third kappa shape index (κ3) is 2.61. The topological polar surface area (TPSA) is 0 Å². The van der Waals surface area contributed by atoms with Crippen molar-refractivity contribution in [3.63, 3.8) is 0 Å². The maximum atomic E-state index is 2.48. The van der Waals surface area contributed by atoms with Crippen LogP contribution in [0, 0.1) is 5.92 Å². The Morgan fingerprint density at radius 1 is 0.929 bits per heavy atom. The lowest BCUT2D eigenvalue weighted by atomic mass is 10.4. The molecular weight excluding hydrogens is 315 g/mol. The van der Waals surface area contributed by atoms with Gasteiger partial charge in [-0.25, -0.2) is 0 Å². The molecular formula is C11H21ISi2. The zero-order chi connectivity index (χ0) is 11.1. The van der Waals surface area contributed by atoms with Crippen molar-refractivity contribution in [3.8, 4) is 0 Å². The van der Waals surface area contributed by atoms with Gasteiger partial charge in [0, 0.05) is 5.92 Å².